The summed E-state index contributed by atoms with van der Waals surface area (Å²) in [6, 6.07) is 17.4. The largest absolute Gasteiger partial charge is 0.444 e. The Morgan fingerprint density at radius 1 is 0.939 bits per heavy atom. The third kappa shape index (κ3) is 6.33. The van der Waals surface area contributed by atoms with Crippen molar-refractivity contribution in [3.63, 3.8) is 0 Å². The van der Waals surface area contributed by atoms with Gasteiger partial charge in [0, 0.05) is 23.5 Å². The second-order valence-electron chi connectivity index (χ2n) is 7.24. The summed E-state index contributed by atoms with van der Waals surface area (Å²) < 4.78 is 45.9. The molecule has 3 aromatic rings. The lowest BCUT2D eigenvalue weighted by Crippen LogP contribution is -2.19. The summed E-state index contributed by atoms with van der Waals surface area (Å²) in [5, 5.41) is 4.87. The molecule has 0 bridgehead atoms. The first-order valence-corrected chi connectivity index (χ1v) is 9.97. The number of benzene rings is 3. The van der Waals surface area contributed by atoms with E-state index in [1.165, 1.54) is 13.0 Å². The van der Waals surface area contributed by atoms with Crippen LogP contribution in [-0.2, 0) is 24.1 Å². The molecule has 3 aromatic carbocycles. The molecule has 0 aliphatic rings. The third-order valence-corrected chi connectivity index (χ3v) is 4.85. The van der Waals surface area contributed by atoms with E-state index in [1.54, 1.807) is 54.6 Å². The summed E-state index contributed by atoms with van der Waals surface area (Å²) in [5.74, 6) is -0.768. The van der Waals surface area contributed by atoms with E-state index in [4.69, 9.17) is 10.5 Å². The zero-order valence-corrected chi connectivity index (χ0v) is 17.7. The van der Waals surface area contributed by atoms with Gasteiger partial charge in [0.1, 0.15) is 6.61 Å². The Morgan fingerprint density at radius 3 is 2.30 bits per heavy atom. The Balaban J connectivity index is 1.84. The number of nitrogens with two attached hydrogens (primary N) is 1. The van der Waals surface area contributed by atoms with Crippen molar-refractivity contribution in [1.29, 1.82) is 0 Å². The monoisotopic (exact) mass is 457 g/mol. The first kappa shape index (κ1) is 23.8. The van der Waals surface area contributed by atoms with Crippen molar-refractivity contribution >= 4 is 23.4 Å². The average Bonchev–Trinajstić information content (AvgIpc) is 2.79. The van der Waals surface area contributed by atoms with Crippen LogP contribution >= 0.6 is 0 Å². The number of halogens is 3. The highest BCUT2D eigenvalue weighted by atomic mass is 19.4. The maximum atomic E-state index is 13.6. The molecule has 0 radical (unpaired) electrons. The van der Waals surface area contributed by atoms with Crippen molar-refractivity contribution in [2.45, 2.75) is 26.3 Å². The fraction of sp³-hybridized carbons (Fsp3) is 0.167. The molecule has 2 amide bonds. The van der Waals surface area contributed by atoms with Crippen LogP contribution in [0.4, 0.5) is 29.3 Å². The smallest absolute Gasteiger partial charge is 0.416 e. The number of alkyl halides is 3. The molecule has 0 fully saturated rings. The number of carbonyl (C=O) groups excluding carboxylic acids is 2. The summed E-state index contributed by atoms with van der Waals surface area (Å²) in [4.78, 5) is 24.9. The molecule has 0 saturated heterocycles. The number of hydrogen-bond donors (Lipinski definition) is 3. The molecule has 9 heteroatoms. The second-order valence-corrected chi connectivity index (χ2v) is 7.24. The molecule has 0 saturated carbocycles. The Bertz CT molecular complexity index is 1150. The first-order chi connectivity index (χ1) is 15.7. The van der Waals surface area contributed by atoms with Crippen molar-refractivity contribution in [2.24, 2.45) is 5.73 Å². The first-order valence-electron chi connectivity index (χ1n) is 9.97. The predicted molar refractivity (Wildman–Crippen MR) is 119 cm³/mol. The fourth-order valence-electron chi connectivity index (χ4n) is 3.12. The van der Waals surface area contributed by atoms with E-state index >= 15 is 0 Å². The van der Waals surface area contributed by atoms with Crippen molar-refractivity contribution in [1.82, 2.24) is 0 Å². The minimum absolute atomic E-state index is 0.0600. The van der Waals surface area contributed by atoms with Crippen LogP contribution in [-0.4, -0.2) is 12.0 Å². The summed E-state index contributed by atoms with van der Waals surface area (Å²) >= 11 is 0. The Hall–Kier alpha value is -3.85. The maximum absolute atomic E-state index is 13.6. The molecular formula is C24H22F3N3O3. The molecule has 0 heterocycles. The normalized spacial score (nSPS) is 11.1. The predicted octanol–water partition coefficient (Wildman–Crippen LogP) is 5.47. The van der Waals surface area contributed by atoms with Gasteiger partial charge in [0.05, 0.1) is 5.56 Å². The number of hydrogen-bond acceptors (Lipinski definition) is 4. The summed E-state index contributed by atoms with van der Waals surface area (Å²) in [7, 11) is 0. The van der Waals surface area contributed by atoms with Crippen LogP contribution in [0.25, 0.3) is 0 Å². The van der Waals surface area contributed by atoms with E-state index < -0.39 is 23.7 Å². The van der Waals surface area contributed by atoms with E-state index in [0.29, 0.717) is 11.3 Å². The molecule has 0 aromatic heterocycles. The van der Waals surface area contributed by atoms with Crippen LogP contribution in [0.5, 0.6) is 0 Å². The van der Waals surface area contributed by atoms with Gasteiger partial charge in [0.15, 0.2) is 0 Å². The molecular weight excluding hydrogens is 435 g/mol. The minimum Gasteiger partial charge on any atom is -0.444 e. The van der Waals surface area contributed by atoms with Gasteiger partial charge in [-0.15, -0.1) is 0 Å². The number of amides is 2. The van der Waals surface area contributed by atoms with E-state index in [2.05, 4.69) is 10.6 Å². The quantitative estimate of drug-likeness (QED) is 0.457. The maximum Gasteiger partial charge on any atom is 0.416 e. The van der Waals surface area contributed by atoms with E-state index in [-0.39, 0.29) is 30.0 Å². The van der Waals surface area contributed by atoms with E-state index in [0.717, 1.165) is 11.6 Å². The molecule has 33 heavy (non-hydrogen) atoms. The van der Waals surface area contributed by atoms with Gasteiger partial charge < -0.3 is 15.8 Å². The van der Waals surface area contributed by atoms with Crippen LogP contribution in [0.15, 0.2) is 66.7 Å². The van der Waals surface area contributed by atoms with Crippen LogP contribution < -0.4 is 16.4 Å². The molecule has 0 aliphatic heterocycles. The van der Waals surface area contributed by atoms with Gasteiger partial charge in [0.25, 0.3) is 5.91 Å². The lowest BCUT2D eigenvalue weighted by molar-refractivity contribution is -0.138. The van der Waals surface area contributed by atoms with Gasteiger partial charge in [0.2, 0.25) is 0 Å². The van der Waals surface area contributed by atoms with Crippen molar-refractivity contribution in [3.8, 4) is 0 Å². The molecule has 3 rings (SSSR count). The number of ether oxygens (including phenoxy) is 1. The number of nitrogens with one attached hydrogen (secondary N) is 2. The number of anilines is 2. The topological polar surface area (TPSA) is 93.4 Å². The van der Waals surface area contributed by atoms with Gasteiger partial charge in [-0.1, -0.05) is 42.5 Å². The van der Waals surface area contributed by atoms with Gasteiger partial charge in [-0.25, -0.2) is 4.79 Å². The lowest BCUT2D eigenvalue weighted by Gasteiger charge is -2.17. The summed E-state index contributed by atoms with van der Waals surface area (Å²) in [6.45, 7) is 1.39. The highest BCUT2D eigenvalue weighted by Crippen LogP contribution is 2.36. The summed E-state index contributed by atoms with van der Waals surface area (Å²) in [5.41, 5.74) is 5.70. The van der Waals surface area contributed by atoms with Crippen LogP contribution in [0.2, 0.25) is 0 Å². The third-order valence-electron chi connectivity index (χ3n) is 4.85. The number of rotatable bonds is 6. The lowest BCUT2D eigenvalue weighted by atomic mass is 10.0. The average molecular weight is 457 g/mol. The Labute approximate surface area is 188 Å². The van der Waals surface area contributed by atoms with Crippen molar-refractivity contribution in [3.05, 3.63) is 94.5 Å². The zero-order chi connectivity index (χ0) is 24.0. The molecule has 0 aliphatic carbocycles. The van der Waals surface area contributed by atoms with Crippen LogP contribution in [0, 0.1) is 6.92 Å². The van der Waals surface area contributed by atoms with Gasteiger partial charge >= 0.3 is 12.3 Å². The van der Waals surface area contributed by atoms with Crippen LogP contribution in [0.1, 0.15) is 32.6 Å². The molecule has 0 atom stereocenters. The highest BCUT2D eigenvalue weighted by molar-refractivity contribution is 6.05. The van der Waals surface area contributed by atoms with Crippen LogP contribution in [0.3, 0.4) is 0 Å². The van der Waals surface area contributed by atoms with Gasteiger partial charge in [-0.05, 0) is 47.9 Å². The van der Waals surface area contributed by atoms with Gasteiger partial charge in [-0.3, -0.25) is 10.1 Å². The standard InChI is InChI=1S/C24H22F3N3O3/c1-15-20(24(25,26)27)11-18(22(31)29-19-9-5-8-17(10-19)13-28)12-21(15)30-23(32)33-14-16-6-3-2-4-7-16/h2-12H,13-14,28H2,1H3,(H,29,31)(H,30,32). The van der Waals surface area contributed by atoms with E-state index in [9.17, 15) is 22.8 Å². The SMILES string of the molecule is Cc1c(NC(=O)OCc2ccccc2)cc(C(=O)Nc2cccc(CN)c2)cc1C(F)(F)F. The van der Waals surface area contributed by atoms with Crippen molar-refractivity contribution in [2.75, 3.05) is 10.6 Å². The second kappa shape index (κ2) is 10.2. The molecule has 172 valence electrons. The van der Waals surface area contributed by atoms with Gasteiger partial charge in [-0.2, -0.15) is 13.2 Å². The molecule has 4 N–H and O–H groups in total. The summed E-state index contributed by atoms with van der Waals surface area (Å²) in [6.07, 6.45) is -5.67. The van der Waals surface area contributed by atoms with Crippen molar-refractivity contribution < 1.29 is 27.5 Å². The Kier molecular flexibility index (Phi) is 7.34. The molecule has 6 nitrogen and oxygen atoms in total. The number of carbonyl (C=O) groups is 2. The molecule has 0 spiro atoms. The Morgan fingerprint density at radius 2 is 1.64 bits per heavy atom. The minimum atomic E-state index is -4.73. The van der Waals surface area contributed by atoms with E-state index in [1.807, 2.05) is 0 Å². The molecule has 0 unspecified atom stereocenters. The fourth-order valence-corrected chi connectivity index (χ4v) is 3.12. The highest BCUT2D eigenvalue weighted by Gasteiger charge is 2.34. The zero-order valence-electron chi connectivity index (χ0n) is 17.7.